The molecule has 0 amide bonds. The van der Waals surface area contributed by atoms with Gasteiger partial charge in [-0.25, -0.2) is 4.39 Å². The van der Waals surface area contributed by atoms with Crippen molar-refractivity contribution in [2.75, 3.05) is 11.9 Å². The Labute approximate surface area is 102 Å². The van der Waals surface area contributed by atoms with E-state index in [4.69, 9.17) is 4.74 Å². The van der Waals surface area contributed by atoms with E-state index in [1.54, 1.807) is 12.1 Å². The highest BCUT2D eigenvalue weighted by atomic mass is 19.1. The van der Waals surface area contributed by atoms with E-state index in [0.29, 0.717) is 17.6 Å². The summed E-state index contributed by atoms with van der Waals surface area (Å²) in [7, 11) is 0. The van der Waals surface area contributed by atoms with Gasteiger partial charge in [0.25, 0.3) is 0 Å². The monoisotopic (exact) mass is 237 g/mol. The second-order valence-corrected chi connectivity index (χ2v) is 5.00. The lowest BCUT2D eigenvalue weighted by molar-refractivity contribution is -0.0161. The van der Waals surface area contributed by atoms with Crippen molar-refractivity contribution in [3.63, 3.8) is 0 Å². The first-order valence-electron chi connectivity index (χ1n) is 6.29. The van der Waals surface area contributed by atoms with E-state index in [2.05, 4.69) is 19.2 Å². The number of benzene rings is 1. The highest BCUT2D eigenvalue weighted by Crippen LogP contribution is 2.24. The number of nitrogens with one attached hydrogen (secondary N) is 1. The minimum Gasteiger partial charge on any atom is -0.380 e. The van der Waals surface area contributed by atoms with Gasteiger partial charge in [-0.15, -0.1) is 0 Å². The first-order valence-corrected chi connectivity index (χ1v) is 6.29. The van der Waals surface area contributed by atoms with E-state index in [-0.39, 0.29) is 11.9 Å². The molecule has 0 radical (unpaired) electrons. The number of rotatable bonds is 3. The Morgan fingerprint density at radius 1 is 1.35 bits per heavy atom. The van der Waals surface area contributed by atoms with Crippen LogP contribution in [-0.2, 0) is 4.74 Å². The molecule has 0 spiro atoms. The van der Waals surface area contributed by atoms with Crippen LogP contribution in [0.1, 0.15) is 26.7 Å². The zero-order valence-electron chi connectivity index (χ0n) is 10.4. The van der Waals surface area contributed by atoms with Crippen molar-refractivity contribution in [1.29, 1.82) is 0 Å². The van der Waals surface area contributed by atoms with Crippen molar-refractivity contribution in [2.45, 2.75) is 38.8 Å². The summed E-state index contributed by atoms with van der Waals surface area (Å²) >= 11 is 0. The third-order valence-electron chi connectivity index (χ3n) is 3.29. The Morgan fingerprint density at radius 3 is 2.82 bits per heavy atom. The van der Waals surface area contributed by atoms with Crippen molar-refractivity contribution in [3.05, 3.63) is 30.1 Å². The lowest BCUT2D eigenvalue weighted by Gasteiger charge is -2.33. The summed E-state index contributed by atoms with van der Waals surface area (Å²) in [5.41, 5.74) is 0.599. The van der Waals surface area contributed by atoms with E-state index in [0.717, 1.165) is 19.4 Å². The lowest BCUT2D eigenvalue weighted by Crippen LogP contribution is -2.36. The van der Waals surface area contributed by atoms with E-state index in [1.807, 2.05) is 6.07 Å². The minimum atomic E-state index is -0.180. The molecule has 1 aromatic rings. The fourth-order valence-corrected chi connectivity index (χ4v) is 2.22. The smallest absolute Gasteiger partial charge is 0.146 e. The molecule has 1 fully saturated rings. The van der Waals surface area contributed by atoms with Gasteiger partial charge in [0, 0.05) is 12.6 Å². The third-order valence-corrected chi connectivity index (χ3v) is 3.29. The van der Waals surface area contributed by atoms with Crippen LogP contribution >= 0.6 is 0 Å². The summed E-state index contributed by atoms with van der Waals surface area (Å²) in [6, 6.07) is 7.15. The fraction of sp³-hybridized carbons (Fsp3) is 0.571. The minimum absolute atomic E-state index is 0.180. The predicted octanol–water partition coefficient (Wildman–Crippen LogP) is 3.44. The zero-order valence-corrected chi connectivity index (χ0v) is 10.4. The first-order chi connectivity index (χ1) is 8.16. The van der Waals surface area contributed by atoms with Crippen LogP contribution in [0.25, 0.3) is 0 Å². The van der Waals surface area contributed by atoms with Crippen LogP contribution in [0.5, 0.6) is 0 Å². The van der Waals surface area contributed by atoms with Crippen LogP contribution in [0.3, 0.4) is 0 Å². The molecule has 1 aliphatic heterocycles. The molecule has 0 aromatic heterocycles. The van der Waals surface area contributed by atoms with E-state index in [1.165, 1.54) is 6.07 Å². The van der Waals surface area contributed by atoms with Gasteiger partial charge in [0.05, 0.1) is 11.8 Å². The fourth-order valence-electron chi connectivity index (χ4n) is 2.22. The van der Waals surface area contributed by atoms with Crippen LogP contribution < -0.4 is 5.32 Å². The number of hydrogen-bond donors (Lipinski definition) is 1. The molecule has 3 heteroatoms. The number of para-hydroxylation sites is 1. The van der Waals surface area contributed by atoms with Gasteiger partial charge in [-0.1, -0.05) is 26.0 Å². The van der Waals surface area contributed by atoms with Crippen molar-refractivity contribution < 1.29 is 9.13 Å². The Bertz CT molecular complexity index is 367. The molecule has 0 aliphatic carbocycles. The normalized spacial score (nSPS) is 24.9. The third kappa shape index (κ3) is 3.19. The van der Waals surface area contributed by atoms with Crippen LogP contribution in [0.15, 0.2) is 24.3 Å². The molecule has 1 saturated heterocycles. The molecule has 1 aliphatic rings. The molecule has 1 heterocycles. The van der Waals surface area contributed by atoms with Gasteiger partial charge in [0.1, 0.15) is 5.82 Å². The molecule has 17 heavy (non-hydrogen) atoms. The maximum Gasteiger partial charge on any atom is 0.146 e. The standard InChI is InChI=1S/C14H20FNO/c1-10(2)14-9-11(7-8-17-14)16-13-6-4-3-5-12(13)15/h3-6,10-11,14,16H,7-9H2,1-2H3. The largest absolute Gasteiger partial charge is 0.380 e. The predicted molar refractivity (Wildman–Crippen MR) is 67.6 cm³/mol. The molecule has 1 aromatic carbocycles. The highest BCUT2D eigenvalue weighted by Gasteiger charge is 2.25. The van der Waals surface area contributed by atoms with E-state index in [9.17, 15) is 4.39 Å². The summed E-state index contributed by atoms with van der Waals surface area (Å²) in [4.78, 5) is 0. The summed E-state index contributed by atoms with van der Waals surface area (Å²) in [5.74, 6) is 0.334. The van der Waals surface area contributed by atoms with Crippen molar-refractivity contribution in [3.8, 4) is 0 Å². The van der Waals surface area contributed by atoms with Crippen LogP contribution in [0.4, 0.5) is 10.1 Å². The molecular weight excluding hydrogens is 217 g/mol. The van der Waals surface area contributed by atoms with Gasteiger partial charge in [-0.3, -0.25) is 0 Å². The molecule has 2 nitrogen and oxygen atoms in total. The molecule has 2 rings (SSSR count). The van der Waals surface area contributed by atoms with E-state index >= 15 is 0 Å². The quantitative estimate of drug-likeness (QED) is 0.869. The number of ether oxygens (including phenoxy) is 1. The lowest BCUT2D eigenvalue weighted by atomic mass is 9.95. The van der Waals surface area contributed by atoms with Crippen molar-refractivity contribution >= 4 is 5.69 Å². The Balaban J connectivity index is 1.97. The van der Waals surface area contributed by atoms with Gasteiger partial charge in [0.15, 0.2) is 0 Å². The molecule has 94 valence electrons. The average Bonchev–Trinajstić information content (AvgIpc) is 2.32. The van der Waals surface area contributed by atoms with Gasteiger partial charge in [-0.05, 0) is 30.9 Å². The Kier molecular flexibility index (Phi) is 4.00. The summed E-state index contributed by atoms with van der Waals surface area (Å²) in [6.07, 6.45) is 2.18. The molecule has 0 saturated carbocycles. The van der Waals surface area contributed by atoms with Gasteiger partial charge in [0.2, 0.25) is 0 Å². The van der Waals surface area contributed by atoms with Gasteiger partial charge in [-0.2, -0.15) is 0 Å². The summed E-state index contributed by atoms with van der Waals surface area (Å²) in [6.45, 7) is 5.08. The molecule has 2 unspecified atom stereocenters. The maximum atomic E-state index is 13.5. The van der Waals surface area contributed by atoms with Crippen molar-refractivity contribution in [1.82, 2.24) is 0 Å². The maximum absolute atomic E-state index is 13.5. The Morgan fingerprint density at radius 2 is 2.12 bits per heavy atom. The summed E-state index contributed by atoms with van der Waals surface area (Å²) in [5, 5.41) is 3.28. The number of halogens is 1. The van der Waals surface area contributed by atoms with Crippen molar-refractivity contribution in [2.24, 2.45) is 5.92 Å². The Hall–Kier alpha value is -1.09. The molecule has 2 atom stereocenters. The number of hydrogen-bond acceptors (Lipinski definition) is 2. The van der Waals surface area contributed by atoms with Gasteiger partial charge < -0.3 is 10.1 Å². The second kappa shape index (κ2) is 5.50. The molecule has 1 N–H and O–H groups in total. The van der Waals surface area contributed by atoms with Crippen LogP contribution in [0.2, 0.25) is 0 Å². The topological polar surface area (TPSA) is 21.3 Å². The second-order valence-electron chi connectivity index (χ2n) is 5.00. The molecule has 0 bridgehead atoms. The molecular formula is C14H20FNO. The average molecular weight is 237 g/mol. The summed E-state index contributed by atoms with van der Waals surface area (Å²) < 4.78 is 19.2. The van der Waals surface area contributed by atoms with Crippen LogP contribution in [-0.4, -0.2) is 18.8 Å². The van der Waals surface area contributed by atoms with E-state index < -0.39 is 0 Å². The number of anilines is 1. The highest BCUT2D eigenvalue weighted by molar-refractivity contribution is 5.45. The first kappa shape index (κ1) is 12.4. The van der Waals surface area contributed by atoms with Gasteiger partial charge >= 0.3 is 0 Å². The SMILES string of the molecule is CC(C)C1CC(Nc2ccccc2F)CCO1. The van der Waals surface area contributed by atoms with Crippen LogP contribution in [0, 0.1) is 11.7 Å². The zero-order chi connectivity index (χ0) is 12.3.